The van der Waals surface area contributed by atoms with Gasteiger partial charge in [0.25, 0.3) is 0 Å². The lowest BCUT2D eigenvalue weighted by atomic mass is 9.87. The van der Waals surface area contributed by atoms with Crippen molar-refractivity contribution in [3.63, 3.8) is 0 Å². The van der Waals surface area contributed by atoms with E-state index in [9.17, 15) is 4.79 Å². The zero-order chi connectivity index (χ0) is 16.3. The summed E-state index contributed by atoms with van der Waals surface area (Å²) in [6.07, 6.45) is 3.48. The molecule has 3 nitrogen and oxygen atoms in total. The van der Waals surface area contributed by atoms with E-state index in [0.29, 0.717) is 0 Å². The highest BCUT2D eigenvalue weighted by Gasteiger charge is 2.23. The van der Waals surface area contributed by atoms with Gasteiger partial charge in [0, 0.05) is 30.7 Å². The first kappa shape index (κ1) is 16.2. The molecule has 0 spiro atoms. The number of pyridine rings is 1. The van der Waals surface area contributed by atoms with Crippen LogP contribution in [0.4, 0.5) is 5.69 Å². The van der Waals surface area contributed by atoms with Crippen LogP contribution < -0.4 is 4.90 Å². The number of likely N-dealkylation sites (N-methyl/N-ethyl adjacent to an activating group) is 1. The number of benzene rings is 1. The Hall–Kier alpha value is -2.16. The van der Waals surface area contributed by atoms with Gasteiger partial charge in [-0.25, -0.2) is 0 Å². The Morgan fingerprint density at radius 2 is 1.77 bits per heavy atom. The van der Waals surface area contributed by atoms with Gasteiger partial charge in [0.05, 0.1) is 0 Å². The molecule has 1 atom stereocenters. The summed E-state index contributed by atoms with van der Waals surface area (Å²) in [5, 5.41) is 0. The van der Waals surface area contributed by atoms with Gasteiger partial charge in [-0.05, 0) is 36.1 Å². The van der Waals surface area contributed by atoms with Crippen molar-refractivity contribution < 1.29 is 4.79 Å². The van der Waals surface area contributed by atoms with Crippen LogP contribution in [0.3, 0.4) is 0 Å². The van der Waals surface area contributed by atoms with E-state index in [1.165, 1.54) is 5.56 Å². The average molecular weight is 296 g/mol. The van der Waals surface area contributed by atoms with Gasteiger partial charge in [-0.15, -0.1) is 0 Å². The minimum absolute atomic E-state index is 0.107. The third-order valence-corrected chi connectivity index (χ3v) is 3.91. The fourth-order valence-corrected chi connectivity index (χ4v) is 2.61. The number of hydrogen-bond donors (Lipinski definition) is 0. The zero-order valence-electron chi connectivity index (χ0n) is 14.0. The van der Waals surface area contributed by atoms with Crippen molar-refractivity contribution in [1.29, 1.82) is 0 Å². The molecule has 1 unspecified atom stereocenters. The van der Waals surface area contributed by atoms with Gasteiger partial charge >= 0.3 is 0 Å². The van der Waals surface area contributed by atoms with Crippen LogP contribution >= 0.6 is 0 Å². The van der Waals surface area contributed by atoms with Crippen molar-refractivity contribution in [3.8, 4) is 0 Å². The van der Waals surface area contributed by atoms with E-state index in [4.69, 9.17) is 0 Å². The Morgan fingerprint density at radius 3 is 2.23 bits per heavy atom. The maximum absolute atomic E-state index is 12.1. The maximum Gasteiger partial charge on any atom is 0.156 e. The number of carbonyl (C=O) groups excluding carboxylic acids is 1. The summed E-state index contributed by atoms with van der Waals surface area (Å²) >= 11 is 0. The molecule has 0 aliphatic rings. The molecule has 1 aromatic heterocycles. The molecule has 116 valence electrons. The summed E-state index contributed by atoms with van der Waals surface area (Å²) in [6.45, 7) is 8.21. The van der Waals surface area contributed by atoms with Crippen LogP contribution in [-0.2, 0) is 10.2 Å². The van der Waals surface area contributed by atoms with E-state index in [0.717, 1.165) is 11.3 Å². The number of Topliss-reactive ketones (excluding diaryl/α,β-unsaturated/α-hetero) is 1. The lowest BCUT2D eigenvalue weighted by molar-refractivity contribution is -0.118. The molecule has 0 saturated heterocycles. The summed E-state index contributed by atoms with van der Waals surface area (Å²) in [4.78, 5) is 18.3. The van der Waals surface area contributed by atoms with E-state index in [-0.39, 0.29) is 17.2 Å². The normalized spacial score (nSPS) is 12.8. The Kier molecular flexibility index (Phi) is 4.65. The van der Waals surface area contributed by atoms with Crippen LogP contribution in [0.15, 0.2) is 48.8 Å². The molecule has 1 aromatic carbocycles. The topological polar surface area (TPSA) is 33.2 Å². The number of rotatable bonds is 4. The molecule has 0 bridgehead atoms. The van der Waals surface area contributed by atoms with Crippen molar-refractivity contribution in [2.75, 3.05) is 11.9 Å². The summed E-state index contributed by atoms with van der Waals surface area (Å²) in [7, 11) is 1.95. The van der Waals surface area contributed by atoms with E-state index >= 15 is 0 Å². The summed E-state index contributed by atoms with van der Waals surface area (Å²) in [5.41, 5.74) is 3.35. The second-order valence-electron chi connectivity index (χ2n) is 6.71. The molecule has 0 radical (unpaired) electrons. The van der Waals surface area contributed by atoms with Crippen LogP contribution in [0.5, 0.6) is 0 Å². The Bertz CT molecular complexity index is 627. The lowest BCUT2D eigenvalue weighted by Gasteiger charge is -2.29. The molecule has 2 aromatic rings. The Morgan fingerprint density at radius 1 is 1.14 bits per heavy atom. The highest BCUT2D eigenvalue weighted by molar-refractivity contribution is 5.86. The minimum Gasteiger partial charge on any atom is -0.361 e. The van der Waals surface area contributed by atoms with Crippen molar-refractivity contribution in [2.24, 2.45) is 0 Å². The number of hydrogen-bond acceptors (Lipinski definition) is 3. The number of aromatic nitrogens is 1. The fraction of sp³-hybridized carbons (Fsp3) is 0.368. The van der Waals surface area contributed by atoms with Gasteiger partial charge in [-0.3, -0.25) is 9.78 Å². The van der Waals surface area contributed by atoms with E-state index in [2.05, 4.69) is 50.0 Å². The van der Waals surface area contributed by atoms with Gasteiger partial charge in [-0.2, -0.15) is 0 Å². The van der Waals surface area contributed by atoms with Crippen LogP contribution in [0, 0.1) is 0 Å². The first-order valence-corrected chi connectivity index (χ1v) is 7.54. The lowest BCUT2D eigenvalue weighted by Crippen LogP contribution is -2.29. The molecule has 3 heteroatoms. The van der Waals surface area contributed by atoms with Crippen molar-refractivity contribution >= 4 is 11.5 Å². The maximum atomic E-state index is 12.1. The first-order chi connectivity index (χ1) is 10.3. The average Bonchev–Trinajstić information content (AvgIpc) is 2.47. The van der Waals surface area contributed by atoms with Gasteiger partial charge in [-0.1, -0.05) is 39.0 Å². The third kappa shape index (κ3) is 3.53. The summed E-state index contributed by atoms with van der Waals surface area (Å²) in [5.74, 6) is 0.107. The quantitative estimate of drug-likeness (QED) is 0.850. The van der Waals surface area contributed by atoms with E-state index in [1.54, 1.807) is 19.3 Å². The van der Waals surface area contributed by atoms with Gasteiger partial charge < -0.3 is 4.90 Å². The van der Waals surface area contributed by atoms with Crippen molar-refractivity contribution in [3.05, 3.63) is 59.9 Å². The van der Waals surface area contributed by atoms with Crippen LogP contribution in [0.2, 0.25) is 0 Å². The number of nitrogens with zero attached hydrogens (tertiary/aromatic N) is 2. The van der Waals surface area contributed by atoms with Crippen LogP contribution in [0.1, 0.15) is 44.9 Å². The fourth-order valence-electron chi connectivity index (χ4n) is 2.61. The van der Waals surface area contributed by atoms with Crippen LogP contribution in [-0.4, -0.2) is 17.8 Å². The molecule has 0 saturated carbocycles. The molecule has 0 amide bonds. The largest absolute Gasteiger partial charge is 0.361 e. The Balaban J connectivity index is 2.32. The van der Waals surface area contributed by atoms with Gasteiger partial charge in [0.2, 0.25) is 0 Å². The predicted octanol–water partition coefficient (Wildman–Crippen LogP) is 4.15. The van der Waals surface area contributed by atoms with Crippen molar-refractivity contribution in [2.45, 2.75) is 39.2 Å². The second kappa shape index (κ2) is 6.30. The summed E-state index contributed by atoms with van der Waals surface area (Å²) < 4.78 is 0. The van der Waals surface area contributed by atoms with E-state index in [1.807, 2.05) is 24.1 Å². The highest BCUT2D eigenvalue weighted by atomic mass is 16.1. The molecular formula is C19H24N2O. The molecular weight excluding hydrogens is 272 g/mol. The molecule has 22 heavy (non-hydrogen) atoms. The molecule has 1 heterocycles. The predicted molar refractivity (Wildman–Crippen MR) is 91.2 cm³/mol. The summed E-state index contributed by atoms with van der Waals surface area (Å²) in [6, 6.07) is 11.9. The number of ketones is 1. The minimum atomic E-state index is -0.311. The standard InChI is InChI=1S/C19H24N2O/c1-14(22)18(15-7-6-12-20-13-15)21(5)17-10-8-16(9-11-17)19(2,3)4/h6-13,18H,1-5H3. The number of carbonyl (C=O) groups is 1. The first-order valence-electron chi connectivity index (χ1n) is 7.54. The smallest absolute Gasteiger partial charge is 0.156 e. The van der Waals surface area contributed by atoms with Crippen molar-refractivity contribution in [1.82, 2.24) is 4.98 Å². The third-order valence-electron chi connectivity index (χ3n) is 3.91. The van der Waals surface area contributed by atoms with E-state index < -0.39 is 0 Å². The number of anilines is 1. The zero-order valence-corrected chi connectivity index (χ0v) is 14.0. The SMILES string of the molecule is CC(=O)C(c1cccnc1)N(C)c1ccc(C(C)(C)C)cc1. The molecule has 0 fully saturated rings. The second-order valence-corrected chi connectivity index (χ2v) is 6.71. The molecule has 0 aliphatic carbocycles. The van der Waals surface area contributed by atoms with Gasteiger partial charge in [0.1, 0.15) is 6.04 Å². The molecule has 0 N–H and O–H groups in total. The van der Waals surface area contributed by atoms with Crippen LogP contribution in [0.25, 0.3) is 0 Å². The molecule has 0 aliphatic heterocycles. The highest BCUT2D eigenvalue weighted by Crippen LogP contribution is 2.29. The molecule has 2 rings (SSSR count). The van der Waals surface area contributed by atoms with Gasteiger partial charge in [0.15, 0.2) is 5.78 Å². The Labute approximate surface area is 133 Å². The monoisotopic (exact) mass is 296 g/mol.